The second-order valence-electron chi connectivity index (χ2n) is 2.96. The molecular formula is C8H4BrClNO3P. The zero-order valence-electron chi connectivity index (χ0n) is 7.16. The zero-order chi connectivity index (χ0) is 11.2. The van der Waals surface area contributed by atoms with E-state index in [4.69, 9.17) is 11.6 Å². The number of H-pyrrole nitrogens is 1. The quantitative estimate of drug-likeness (QED) is 0.807. The van der Waals surface area contributed by atoms with E-state index in [-0.39, 0.29) is 15.7 Å². The molecule has 0 atom stereocenters. The van der Waals surface area contributed by atoms with Crippen LogP contribution in [-0.4, -0.2) is 4.98 Å². The van der Waals surface area contributed by atoms with E-state index >= 15 is 0 Å². The smallest absolute Gasteiger partial charge is 0.360 e. The fourth-order valence-electron chi connectivity index (χ4n) is 1.36. The van der Waals surface area contributed by atoms with Crippen molar-refractivity contribution in [1.29, 1.82) is 0 Å². The number of rotatable bonds is 1. The number of aromatic nitrogens is 1. The van der Waals surface area contributed by atoms with Gasteiger partial charge in [0, 0.05) is 21.6 Å². The molecule has 15 heavy (non-hydrogen) atoms. The van der Waals surface area contributed by atoms with Gasteiger partial charge >= 0.3 is 7.60 Å². The van der Waals surface area contributed by atoms with Crippen LogP contribution in [0.1, 0.15) is 0 Å². The molecule has 0 saturated heterocycles. The zero-order valence-corrected chi connectivity index (χ0v) is 10.4. The third kappa shape index (κ3) is 1.86. The first kappa shape index (κ1) is 11.2. The molecule has 2 aromatic rings. The average Bonchev–Trinajstić information content (AvgIpc) is 2.54. The second kappa shape index (κ2) is 3.61. The summed E-state index contributed by atoms with van der Waals surface area (Å²) in [6, 6.07) is 3.32. The lowest BCUT2D eigenvalue weighted by molar-refractivity contribution is 0.293. The maximum absolute atomic E-state index is 10.9. The average molecular weight is 308 g/mol. The predicted octanol–water partition coefficient (Wildman–Crippen LogP) is 3.26. The fraction of sp³-hybridized carbons (Fsp3) is 0. The Kier molecular flexibility index (Phi) is 2.69. The standard InChI is InChI=1S/C8H4BrClNO3P/c9-4-1-2-5-7(8(4)10)6(3-11-5)15(12,13)14/h1-3,11H. The van der Waals surface area contributed by atoms with E-state index in [1.54, 1.807) is 12.1 Å². The minimum atomic E-state index is -4.80. The van der Waals surface area contributed by atoms with E-state index in [0.29, 0.717) is 9.99 Å². The fourth-order valence-corrected chi connectivity index (χ4v) is 2.75. The van der Waals surface area contributed by atoms with Gasteiger partial charge in [-0.2, -0.15) is 0 Å². The van der Waals surface area contributed by atoms with Crippen LogP contribution in [-0.2, 0) is 14.4 Å². The first-order valence-electron chi connectivity index (χ1n) is 3.89. The molecule has 0 bridgehead atoms. The number of benzene rings is 1. The molecule has 78 valence electrons. The molecule has 0 unspecified atom stereocenters. The summed E-state index contributed by atoms with van der Waals surface area (Å²) < 4.78 is 11.5. The van der Waals surface area contributed by atoms with E-state index in [0.717, 1.165) is 6.20 Å². The molecule has 7 heteroatoms. The molecule has 1 aromatic carbocycles. The molecular weight excluding hydrogens is 304 g/mol. The highest BCUT2D eigenvalue weighted by molar-refractivity contribution is 9.10. The van der Waals surface area contributed by atoms with Gasteiger partial charge in [-0.15, -0.1) is 9.79 Å². The molecule has 0 saturated carbocycles. The molecule has 0 amide bonds. The maximum Gasteiger partial charge on any atom is 0.417 e. The summed E-state index contributed by atoms with van der Waals surface area (Å²) in [6.45, 7) is 0. The van der Waals surface area contributed by atoms with E-state index in [1.807, 2.05) is 0 Å². The Bertz CT molecular complexity index is 577. The summed E-state index contributed by atoms with van der Waals surface area (Å²) in [5.74, 6) is 0. The molecule has 2 radical (unpaired) electrons. The van der Waals surface area contributed by atoms with Crippen LogP contribution in [0.15, 0.2) is 22.8 Å². The Morgan fingerprint density at radius 2 is 2.00 bits per heavy atom. The van der Waals surface area contributed by atoms with Crippen LogP contribution in [0, 0.1) is 0 Å². The van der Waals surface area contributed by atoms with E-state index < -0.39 is 7.60 Å². The molecule has 0 aliphatic carbocycles. The summed E-state index contributed by atoms with van der Waals surface area (Å²) in [5.41, 5.74) is 0.519. The molecule has 2 rings (SSSR count). The summed E-state index contributed by atoms with van der Waals surface area (Å²) in [6.07, 6.45) is 1.16. The van der Waals surface area contributed by atoms with Crippen LogP contribution in [0.5, 0.6) is 0 Å². The van der Waals surface area contributed by atoms with Gasteiger partial charge in [0.1, 0.15) is 0 Å². The van der Waals surface area contributed by atoms with Gasteiger partial charge in [0.05, 0.1) is 10.3 Å². The molecule has 0 spiro atoms. The Hall–Kier alpha value is -0.320. The predicted molar refractivity (Wildman–Crippen MR) is 59.6 cm³/mol. The third-order valence-electron chi connectivity index (χ3n) is 2.01. The van der Waals surface area contributed by atoms with Crippen LogP contribution in [0.4, 0.5) is 0 Å². The second-order valence-corrected chi connectivity index (χ2v) is 5.66. The highest BCUT2D eigenvalue weighted by atomic mass is 79.9. The lowest BCUT2D eigenvalue weighted by atomic mass is 10.2. The van der Waals surface area contributed by atoms with Gasteiger partial charge in [0.15, 0.2) is 0 Å². The van der Waals surface area contributed by atoms with Crippen molar-refractivity contribution in [2.45, 2.75) is 0 Å². The summed E-state index contributed by atoms with van der Waals surface area (Å²) in [4.78, 5) is 24.6. The normalized spacial score (nSPS) is 12.3. The van der Waals surface area contributed by atoms with E-state index in [9.17, 15) is 14.4 Å². The van der Waals surface area contributed by atoms with Crippen molar-refractivity contribution in [2.24, 2.45) is 0 Å². The topological polar surface area (TPSA) is 72.7 Å². The number of hydrogen-bond donors (Lipinski definition) is 1. The van der Waals surface area contributed by atoms with Gasteiger partial charge in [0.25, 0.3) is 0 Å². The van der Waals surface area contributed by atoms with Gasteiger partial charge in [-0.05, 0) is 28.1 Å². The van der Waals surface area contributed by atoms with Gasteiger partial charge in [0.2, 0.25) is 0 Å². The highest BCUT2D eigenvalue weighted by Crippen LogP contribution is 2.42. The first-order valence-corrected chi connectivity index (χ1v) is 6.60. The Balaban J connectivity index is 2.90. The minimum Gasteiger partial charge on any atom is -0.360 e. The van der Waals surface area contributed by atoms with Crippen LogP contribution in [0.2, 0.25) is 5.02 Å². The van der Waals surface area contributed by atoms with Gasteiger partial charge < -0.3 is 4.98 Å². The van der Waals surface area contributed by atoms with Crippen molar-refractivity contribution in [3.8, 4) is 0 Å². The molecule has 0 aliphatic rings. The summed E-state index contributed by atoms with van der Waals surface area (Å²) in [7, 11) is -4.80. The summed E-state index contributed by atoms with van der Waals surface area (Å²) in [5, 5.41) is 0.152. The number of fused-ring (bicyclic) bond motifs is 1. The maximum atomic E-state index is 10.9. The highest BCUT2D eigenvalue weighted by Gasteiger charge is 2.27. The largest absolute Gasteiger partial charge is 0.417 e. The van der Waals surface area contributed by atoms with Crippen molar-refractivity contribution in [3.05, 3.63) is 27.8 Å². The SMILES string of the molecule is [O]P([O])(=O)c1c[nH]c2ccc(Br)c(Cl)c12. The molecule has 0 fully saturated rings. The van der Waals surface area contributed by atoms with Crippen molar-refractivity contribution >= 4 is 51.3 Å². The number of hydrogen-bond acceptors (Lipinski definition) is 1. The molecule has 1 N–H and O–H groups in total. The minimum absolute atomic E-state index is 0.218. The Morgan fingerprint density at radius 3 is 2.60 bits per heavy atom. The van der Waals surface area contributed by atoms with Crippen LogP contribution >= 0.6 is 35.1 Å². The van der Waals surface area contributed by atoms with Crippen LogP contribution < -0.4 is 5.30 Å². The van der Waals surface area contributed by atoms with Crippen molar-refractivity contribution < 1.29 is 14.4 Å². The van der Waals surface area contributed by atoms with Crippen LogP contribution in [0.25, 0.3) is 10.9 Å². The molecule has 0 aliphatic heterocycles. The lowest BCUT2D eigenvalue weighted by Crippen LogP contribution is -1.99. The van der Waals surface area contributed by atoms with Gasteiger partial charge in [-0.3, -0.25) is 0 Å². The van der Waals surface area contributed by atoms with Gasteiger partial charge in [-0.1, -0.05) is 11.6 Å². The van der Waals surface area contributed by atoms with Crippen molar-refractivity contribution in [3.63, 3.8) is 0 Å². The van der Waals surface area contributed by atoms with E-state index in [2.05, 4.69) is 20.9 Å². The number of nitrogens with one attached hydrogen (secondary N) is 1. The van der Waals surface area contributed by atoms with Crippen LogP contribution in [0.3, 0.4) is 0 Å². The number of halogens is 2. The number of aromatic amines is 1. The Labute approximate surface area is 98.5 Å². The lowest BCUT2D eigenvalue weighted by Gasteiger charge is -2.01. The van der Waals surface area contributed by atoms with Gasteiger partial charge in [-0.25, -0.2) is 4.57 Å². The third-order valence-corrected chi connectivity index (χ3v) is 4.23. The summed E-state index contributed by atoms with van der Waals surface area (Å²) >= 11 is 9.08. The molecule has 1 aromatic heterocycles. The molecule has 4 nitrogen and oxygen atoms in total. The molecule has 1 heterocycles. The van der Waals surface area contributed by atoms with E-state index in [1.165, 1.54) is 0 Å². The Morgan fingerprint density at radius 1 is 1.33 bits per heavy atom. The van der Waals surface area contributed by atoms with Crippen molar-refractivity contribution in [1.82, 2.24) is 4.98 Å². The van der Waals surface area contributed by atoms with Crippen molar-refractivity contribution in [2.75, 3.05) is 0 Å². The monoisotopic (exact) mass is 307 g/mol. The first-order chi connectivity index (χ1) is 6.91.